The fourth-order valence-electron chi connectivity index (χ4n) is 2.42. The summed E-state index contributed by atoms with van der Waals surface area (Å²) in [5.74, 6) is -0.0496. The van der Waals surface area contributed by atoms with Gasteiger partial charge in [-0.05, 0) is 49.7 Å². The van der Waals surface area contributed by atoms with Crippen molar-refractivity contribution in [2.24, 2.45) is 0 Å². The van der Waals surface area contributed by atoms with E-state index in [2.05, 4.69) is 9.97 Å². The normalized spacial score (nSPS) is 10.8. The molecule has 110 valence electrons. The van der Waals surface area contributed by atoms with E-state index in [1.54, 1.807) is 37.3 Å². The molecule has 0 saturated carbocycles. The molecule has 22 heavy (non-hydrogen) atoms. The quantitative estimate of drug-likeness (QED) is 0.727. The lowest BCUT2D eigenvalue weighted by Gasteiger charge is -2.12. The van der Waals surface area contributed by atoms with Crippen LogP contribution in [0.5, 0.6) is 0 Å². The Balaban J connectivity index is 2.39. The van der Waals surface area contributed by atoms with E-state index in [0.717, 1.165) is 5.56 Å². The van der Waals surface area contributed by atoms with E-state index in [0.29, 0.717) is 16.6 Å². The van der Waals surface area contributed by atoms with Gasteiger partial charge in [0.1, 0.15) is 0 Å². The van der Waals surface area contributed by atoms with Crippen molar-refractivity contribution < 1.29 is 4.79 Å². The standard InChI is InChI=1S/C16H13N3O3/c1-9-8-11(10(2)20)5-6-13(9)19-14-12(4-3-7-17-14)15(21)18-16(19)22/h3-8H,1-2H3,(H,18,21,22). The number of benzene rings is 1. The zero-order valence-corrected chi connectivity index (χ0v) is 12.1. The number of pyridine rings is 1. The van der Waals surface area contributed by atoms with Crippen LogP contribution in [0, 0.1) is 6.92 Å². The maximum absolute atomic E-state index is 12.2. The highest BCUT2D eigenvalue weighted by Crippen LogP contribution is 2.17. The minimum absolute atomic E-state index is 0.0496. The Bertz CT molecular complexity index is 1020. The molecule has 0 aliphatic rings. The zero-order valence-electron chi connectivity index (χ0n) is 12.1. The van der Waals surface area contributed by atoms with Gasteiger partial charge in [0.2, 0.25) is 0 Å². The number of carbonyl (C=O) groups excluding carboxylic acids is 1. The van der Waals surface area contributed by atoms with E-state index >= 15 is 0 Å². The van der Waals surface area contributed by atoms with Crippen LogP contribution in [0.25, 0.3) is 16.7 Å². The molecular formula is C16H13N3O3. The number of ketones is 1. The van der Waals surface area contributed by atoms with Crippen LogP contribution in [0.3, 0.4) is 0 Å². The monoisotopic (exact) mass is 295 g/mol. The first-order chi connectivity index (χ1) is 10.5. The lowest BCUT2D eigenvalue weighted by atomic mass is 10.1. The maximum atomic E-state index is 12.2. The summed E-state index contributed by atoms with van der Waals surface area (Å²) in [6.07, 6.45) is 1.52. The van der Waals surface area contributed by atoms with Gasteiger partial charge in [0.25, 0.3) is 5.56 Å². The van der Waals surface area contributed by atoms with E-state index in [1.165, 1.54) is 17.7 Å². The number of hydrogen-bond donors (Lipinski definition) is 1. The molecule has 6 heteroatoms. The number of hydrogen-bond acceptors (Lipinski definition) is 4. The second-order valence-corrected chi connectivity index (χ2v) is 5.03. The van der Waals surface area contributed by atoms with Gasteiger partial charge in [0, 0.05) is 11.8 Å². The second-order valence-electron chi connectivity index (χ2n) is 5.03. The number of H-pyrrole nitrogens is 1. The molecule has 1 N–H and O–H groups in total. The first-order valence-corrected chi connectivity index (χ1v) is 6.71. The van der Waals surface area contributed by atoms with Crippen molar-refractivity contribution in [3.8, 4) is 5.69 Å². The smallest absolute Gasteiger partial charge is 0.295 e. The third-order valence-corrected chi connectivity index (χ3v) is 3.51. The molecule has 6 nitrogen and oxygen atoms in total. The Labute approximate surface area is 125 Å². The highest BCUT2D eigenvalue weighted by molar-refractivity contribution is 5.94. The summed E-state index contributed by atoms with van der Waals surface area (Å²) in [5.41, 5.74) is 1.15. The van der Waals surface area contributed by atoms with Crippen LogP contribution in [0.4, 0.5) is 0 Å². The van der Waals surface area contributed by atoms with E-state index in [9.17, 15) is 14.4 Å². The minimum Gasteiger partial charge on any atom is -0.295 e. The van der Waals surface area contributed by atoms with Crippen molar-refractivity contribution in [1.29, 1.82) is 0 Å². The lowest BCUT2D eigenvalue weighted by molar-refractivity contribution is 0.101. The topological polar surface area (TPSA) is 84.8 Å². The molecule has 0 radical (unpaired) electrons. The molecule has 0 atom stereocenters. The summed E-state index contributed by atoms with van der Waals surface area (Å²) < 4.78 is 1.34. The molecule has 0 unspecified atom stereocenters. The number of aryl methyl sites for hydroxylation is 1. The predicted octanol–water partition coefficient (Wildman–Crippen LogP) is 1.59. The first kappa shape index (κ1) is 13.9. The van der Waals surface area contributed by atoms with E-state index in [4.69, 9.17) is 0 Å². The summed E-state index contributed by atoms with van der Waals surface area (Å²) in [6, 6.07) is 8.29. The predicted molar refractivity (Wildman–Crippen MR) is 82.7 cm³/mol. The molecule has 0 fully saturated rings. The third kappa shape index (κ3) is 2.14. The van der Waals surface area contributed by atoms with Crippen LogP contribution in [-0.2, 0) is 0 Å². The van der Waals surface area contributed by atoms with Crippen LogP contribution in [0.2, 0.25) is 0 Å². The van der Waals surface area contributed by atoms with Gasteiger partial charge in [-0.3, -0.25) is 14.6 Å². The van der Waals surface area contributed by atoms with Gasteiger partial charge < -0.3 is 0 Å². The number of nitrogens with zero attached hydrogens (tertiary/aromatic N) is 2. The van der Waals surface area contributed by atoms with Crippen molar-refractivity contribution in [3.05, 3.63) is 68.5 Å². The average Bonchev–Trinajstić information content (AvgIpc) is 2.48. The summed E-state index contributed by atoms with van der Waals surface area (Å²) in [7, 11) is 0. The Hall–Kier alpha value is -3.02. The van der Waals surface area contributed by atoms with Gasteiger partial charge in [-0.2, -0.15) is 0 Å². The number of rotatable bonds is 2. The molecule has 0 amide bonds. The van der Waals surface area contributed by atoms with Gasteiger partial charge in [-0.15, -0.1) is 0 Å². The van der Waals surface area contributed by atoms with Crippen molar-refractivity contribution in [3.63, 3.8) is 0 Å². The van der Waals surface area contributed by atoms with Crippen LogP contribution < -0.4 is 11.2 Å². The largest absolute Gasteiger partial charge is 0.334 e. The van der Waals surface area contributed by atoms with Gasteiger partial charge in [-0.25, -0.2) is 14.3 Å². The molecule has 0 bridgehead atoms. The molecule has 0 spiro atoms. The van der Waals surface area contributed by atoms with Crippen molar-refractivity contribution in [1.82, 2.24) is 14.5 Å². The molecule has 1 aromatic carbocycles. The molecule has 0 aliphatic carbocycles. The molecule has 0 aliphatic heterocycles. The number of carbonyl (C=O) groups is 1. The fraction of sp³-hybridized carbons (Fsp3) is 0.125. The number of Topliss-reactive ketones (excluding diaryl/α,β-unsaturated/α-hetero) is 1. The average molecular weight is 295 g/mol. The lowest BCUT2D eigenvalue weighted by Crippen LogP contribution is -2.30. The van der Waals surface area contributed by atoms with Gasteiger partial charge in [0.05, 0.1) is 11.1 Å². The third-order valence-electron chi connectivity index (χ3n) is 3.51. The fourth-order valence-corrected chi connectivity index (χ4v) is 2.42. The molecule has 2 heterocycles. The second kappa shape index (κ2) is 5.07. The molecular weight excluding hydrogens is 282 g/mol. The summed E-state index contributed by atoms with van der Waals surface area (Å²) in [4.78, 5) is 42.0. The van der Waals surface area contributed by atoms with E-state index < -0.39 is 11.2 Å². The Morgan fingerprint density at radius 2 is 2.00 bits per heavy atom. The Morgan fingerprint density at radius 3 is 2.68 bits per heavy atom. The van der Waals surface area contributed by atoms with Crippen molar-refractivity contribution >= 4 is 16.8 Å². The van der Waals surface area contributed by atoms with E-state index in [1.807, 2.05) is 0 Å². The summed E-state index contributed by atoms with van der Waals surface area (Å²) in [5, 5.41) is 0.331. The zero-order chi connectivity index (χ0) is 15.9. The minimum atomic E-state index is -0.560. The SMILES string of the molecule is CC(=O)c1ccc(-n2c(=O)[nH]c(=O)c3cccnc32)c(C)c1. The molecule has 2 aromatic heterocycles. The Kier molecular flexibility index (Phi) is 3.21. The van der Waals surface area contributed by atoms with Gasteiger partial charge in [-0.1, -0.05) is 0 Å². The number of nitrogens with one attached hydrogen (secondary N) is 1. The number of aromatic nitrogens is 3. The van der Waals surface area contributed by atoms with Crippen LogP contribution in [0.1, 0.15) is 22.8 Å². The van der Waals surface area contributed by atoms with Gasteiger partial charge >= 0.3 is 5.69 Å². The van der Waals surface area contributed by atoms with Crippen LogP contribution in [-0.4, -0.2) is 20.3 Å². The maximum Gasteiger partial charge on any atom is 0.334 e. The van der Waals surface area contributed by atoms with Gasteiger partial charge in [0.15, 0.2) is 11.4 Å². The summed E-state index contributed by atoms with van der Waals surface area (Å²) in [6.45, 7) is 3.28. The Morgan fingerprint density at radius 1 is 1.23 bits per heavy atom. The highest BCUT2D eigenvalue weighted by atomic mass is 16.2. The first-order valence-electron chi connectivity index (χ1n) is 6.71. The molecule has 3 rings (SSSR count). The molecule has 3 aromatic rings. The molecule has 0 saturated heterocycles. The number of fused-ring (bicyclic) bond motifs is 1. The van der Waals surface area contributed by atoms with Crippen molar-refractivity contribution in [2.75, 3.05) is 0 Å². The summed E-state index contributed by atoms with van der Waals surface area (Å²) >= 11 is 0. The number of aromatic amines is 1. The van der Waals surface area contributed by atoms with Crippen LogP contribution in [0.15, 0.2) is 46.1 Å². The van der Waals surface area contributed by atoms with Crippen LogP contribution >= 0.6 is 0 Å². The van der Waals surface area contributed by atoms with Crippen molar-refractivity contribution in [2.45, 2.75) is 13.8 Å². The highest BCUT2D eigenvalue weighted by Gasteiger charge is 2.12. The van der Waals surface area contributed by atoms with E-state index in [-0.39, 0.29) is 11.4 Å².